The predicted octanol–water partition coefficient (Wildman–Crippen LogP) is 3.64. The Balaban J connectivity index is 1.48. The Hall–Kier alpha value is -2.82. The molecule has 2 aromatic rings. The summed E-state index contributed by atoms with van der Waals surface area (Å²) in [5.74, 6) is 0.620. The molecule has 2 aromatic carbocycles. The number of carbonyl (C=O) groups is 2. The van der Waals surface area contributed by atoms with Gasteiger partial charge in [0.05, 0.1) is 12.1 Å². The van der Waals surface area contributed by atoms with Crippen molar-refractivity contribution in [3.05, 3.63) is 65.2 Å². The summed E-state index contributed by atoms with van der Waals surface area (Å²) in [7, 11) is 0. The standard InChI is InChI=1S/C23H26N2O3/c1-15(2)16-3-5-18(6-4-16)23(28)25-19-9-10-20(25)14-24(13-19)22(27)17-7-11-21(26)12-8-17/h3-8,11-12,15,19-20,26H,9-10,13-14H2,1-2H3. The normalized spacial score (nSPS) is 21.2. The van der Waals surface area contributed by atoms with Gasteiger partial charge in [0, 0.05) is 24.2 Å². The number of carbonyl (C=O) groups excluding carboxylic acids is 2. The van der Waals surface area contributed by atoms with Crippen molar-refractivity contribution in [3.63, 3.8) is 0 Å². The summed E-state index contributed by atoms with van der Waals surface area (Å²) in [6, 6.07) is 14.4. The van der Waals surface area contributed by atoms with E-state index in [1.165, 1.54) is 17.7 Å². The molecule has 5 nitrogen and oxygen atoms in total. The van der Waals surface area contributed by atoms with Crippen LogP contribution in [0.5, 0.6) is 5.75 Å². The average molecular weight is 378 g/mol. The van der Waals surface area contributed by atoms with Gasteiger partial charge < -0.3 is 14.9 Å². The van der Waals surface area contributed by atoms with Crippen molar-refractivity contribution in [2.24, 2.45) is 0 Å². The van der Waals surface area contributed by atoms with Crippen LogP contribution in [-0.4, -0.2) is 51.9 Å². The molecule has 0 saturated carbocycles. The zero-order chi connectivity index (χ0) is 19.8. The molecular formula is C23H26N2O3. The highest BCUT2D eigenvalue weighted by Crippen LogP contribution is 2.32. The molecule has 2 aliphatic heterocycles. The summed E-state index contributed by atoms with van der Waals surface area (Å²) in [5.41, 5.74) is 2.52. The summed E-state index contributed by atoms with van der Waals surface area (Å²) in [5, 5.41) is 9.43. The van der Waals surface area contributed by atoms with Crippen LogP contribution < -0.4 is 0 Å². The number of rotatable bonds is 3. The van der Waals surface area contributed by atoms with Crippen molar-refractivity contribution in [2.45, 2.75) is 44.7 Å². The van der Waals surface area contributed by atoms with Gasteiger partial charge >= 0.3 is 0 Å². The van der Waals surface area contributed by atoms with Crippen LogP contribution in [-0.2, 0) is 0 Å². The van der Waals surface area contributed by atoms with Crippen LogP contribution in [0, 0.1) is 0 Å². The second kappa shape index (κ2) is 7.30. The minimum absolute atomic E-state index is 0.0368. The maximum atomic E-state index is 13.1. The number of piperazine rings is 1. The molecular weight excluding hydrogens is 352 g/mol. The first-order chi connectivity index (χ1) is 13.4. The summed E-state index contributed by atoms with van der Waals surface area (Å²) >= 11 is 0. The second-order valence-electron chi connectivity index (χ2n) is 8.13. The Morgan fingerprint density at radius 1 is 0.857 bits per heavy atom. The Kier molecular flexibility index (Phi) is 4.84. The Morgan fingerprint density at radius 2 is 1.36 bits per heavy atom. The molecule has 1 N–H and O–H groups in total. The number of hydrogen-bond acceptors (Lipinski definition) is 3. The van der Waals surface area contributed by atoms with Gasteiger partial charge in [0.15, 0.2) is 0 Å². The van der Waals surface area contributed by atoms with E-state index in [-0.39, 0.29) is 29.6 Å². The van der Waals surface area contributed by atoms with Gasteiger partial charge in [-0.3, -0.25) is 9.59 Å². The number of aromatic hydroxyl groups is 1. The number of amides is 2. The molecule has 0 spiro atoms. The molecule has 2 heterocycles. The Bertz CT molecular complexity index is 860. The van der Waals surface area contributed by atoms with Gasteiger partial charge in [-0.15, -0.1) is 0 Å². The highest BCUT2D eigenvalue weighted by molar-refractivity contribution is 5.96. The van der Waals surface area contributed by atoms with E-state index < -0.39 is 0 Å². The number of phenols is 1. The molecule has 2 saturated heterocycles. The SMILES string of the molecule is CC(C)c1ccc(C(=O)N2C3CCC2CN(C(=O)c2ccc(O)cc2)C3)cc1. The maximum absolute atomic E-state index is 13.1. The summed E-state index contributed by atoms with van der Waals surface area (Å²) in [6.45, 7) is 5.40. The van der Waals surface area contributed by atoms with Crippen molar-refractivity contribution in [1.82, 2.24) is 9.80 Å². The molecule has 2 atom stereocenters. The van der Waals surface area contributed by atoms with Crippen LogP contribution in [0.15, 0.2) is 48.5 Å². The molecule has 0 radical (unpaired) electrons. The van der Waals surface area contributed by atoms with Gasteiger partial charge in [0.2, 0.25) is 0 Å². The number of fused-ring (bicyclic) bond motifs is 2. The van der Waals surface area contributed by atoms with Crippen molar-refractivity contribution < 1.29 is 14.7 Å². The molecule has 5 heteroatoms. The molecule has 2 bridgehead atoms. The number of hydrogen-bond donors (Lipinski definition) is 1. The van der Waals surface area contributed by atoms with Gasteiger partial charge in [-0.05, 0) is 60.7 Å². The number of benzene rings is 2. The molecule has 28 heavy (non-hydrogen) atoms. The molecule has 146 valence electrons. The first-order valence-electron chi connectivity index (χ1n) is 9.95. The van der Waals surface area contributed by atoms with E-state index in [4.69, 9.17) is 0 Å². The van der Waals surface area contributed by atoms with Crippen LogP contribution in [0.1, 0.15) is 58.9 Å². The first kappa shape index (κ1) is 18.5. The second-order valence-corrected chi connectivity index (χ2v) is 8.13. The lowest BCUT2D eigenvalue weighted by Crippen LogP contribution is -2.57. The van der Waals surface area contributed by atoms with Crippen molar-refractivity contribution >= 4 is 11.8 Å². The minimum atomic E-state index is -0.0368. The van der Waals surface area contributed by atoms with E-state index in [9.17, 15) is 14.7 Å². The molecule has 2 aliphatic rings. The van der Waals surface area contributed by atoms with Gasteiger partial charge in [0.25, 0.3) is 11.8 Å². The number of likely N-dealkylation sites (tertiary alicyclic amines) is 1. The molecule has 0 aliphatic carbocycles. The van der Waals surface area contributed by atoms with Gasteiger partial charge in [-0.2, -0.15) is 0 Å². The molecule has 2 unspecified atom stereocenters. The number of nitrogens with zero attached hydrogens (tertiary/aromatic N) is 2. The fraction of sp³-hybridized carbons (Fsp3) is 0.391. The zero-order valence-electron chi connectivity index (χ0n) is 16.3. The molecule has 2 amide bonds. The van der Waals surface area contributed by atoms with E-state index in [0.29, 0.717) is 24.6 Å². The zero-order valence-corrected chi connectivity index (χ0v) is 16.3. The van der Waals surface area contributed by atoms with E-state index in [1.54, 1.807) is 12.1 Å². The van der Waals surface area contributed by atoms with E-state index in [0.717, 1.165) is 18.4 Å². The Morgan fingerprint density at radius 3 is 1.89 bits per heavy atom. The third kappa shape index (κ3) is 3.37. The fourth-order valence-electron chi connectivity index (χ4n) is 4.35. The van der Waals surface area contributed by atoms with Gasteiger partial charge in [0.1, 0.15) is 5.75 Å². The van der Waals surface area contributed by atoms with Gasteiger partial charge in [-0.1, -0.05) is 26.0 Å². The minimum Gasteiger partial charge on any atom is -0.508 e. The summed E-state index contributed by atoms with van der Waals surface area (Å²) in [6.07, 6.45) is 1.86. The van der Waals surface area contributed by atoms with Crippen molar-refractivity contribution in [3.8, 4) is 5.75 Å². The monoisotopic (exact) mass is 378 g/mol. The predicted molar refractivity (Wildman–Crippen MR) is 108 cm³/mol. The van der Waals surface area contributed by atoms with E-state index in [2.05, 4.69) is 13.8 Å². The topological polar surface area (TPSA) is 60.9 Å². The lowest BCUT2D eigenvalue weighted by atomic mass is 10.0. The Labute approximate surface area is 165 Å². The van der Waals surface area contributed by atoms with Crippen LogP contribution >= 0.6 is 0 Å². The third-order valence-electron chi connectivity index (χ3n) is 5.94. The molecule has 0 aromatic heterocycles. The van der Waals surface area contributed by atoms with E-state index in [1.807, 2.05) is 34.1 Å². The maximum Gasteiger partial charge on any atom is 0.254 e. The smallest absolute Gasteiger partial charge is 0.254 e. The lowest BCUT2D eigenvalue weighted by Gasteiger charge is -2.41. The third-order valence-corrected chi connectivity index (χ3v) is 5.94. The molecule has 4 rings (SSSR count). The summed E-state index contributed by atoms with van der Waals surface area (Å²) in [4.78, 5) is 29.8. The summed E-state index contributed by atoms with van der Waals surface area (Å²) < 4.78 is 0. The van der Waals surface area contributed by atoms with Crippen LogP contribution in [0.4, 0.5) is 0 Å². The quantitative estimate of drug-likeness (QED) is 0.887. The van der Waals surface area contributed by atoms with Crippen molar-refractivity contribution in [1.29, 1.82) is 0 Å². The van der Waals surface area contributed by atoms with Crippen LogP contribution in [0.3, 0.4) is 0 Å². The molecule has 2 fully saturated rings. The first-order valence-corrected chi connectivity index (χ1v) is 9.95. The van der Waals surface area contributed by atoms with E-state index >= 15 is 0 Å². The van der Waals surface area contributed by atoms with Crippen LogP contribution in [0.2, 0.25) is 0 Å². The van der Waals surface area contributed by atoms with Crippen LogP contribution in [0.25, 0.3) is 0 Å². The lowest BCUT2D eigenvalue weighted by molar-refractivity contribution is 0.0360. The average Bonchev–Trinajstić information content (AvgIpc) is 2.96. The highest BCUT2D eigenvalue weighted by Gasteiger charge is 2.44. The largest absolute Gasteiger partial charge is 0.508 e. The number of phenolic OH excluding ortho intramolecular Hbond substituents is 1. The van der Waals surface area contributed by atoms with Crippen molar-refractivity contribution in [2.75, 3.05) is 13.1 Å². The fourth-order valence-corrected chi connectivity index (χ4v) is 4.35. The van der Waals surface area contributed by atoms with Gasteiger partial charge in [-0.25, -0.2) is 0 Å². The highest BCUT2D eigenvalue weighted by atomic mass is 16.3.